The third kappa shape index (κ3) is 4.51. The molecule has 0 radical (unpaired) electrons. The van der Waals surface area contributed by atoms with E-state index in [4.69, 9.17) is 0 Å². The van der Waals surface area contributed by atoms with Crippen LogP contribution in [-0.2, 0) is 0 Å². The number of nitrogens with one attached hydrogen (secondary N) is 1. The van der Waals surface area contributed by atoms with Crippen LogP contribution in [-0.4, -0.2) is 61.5 Å². The van der Waals surface area contributed by atoms with Crippen molar-refractivity contribution in [1.29, 1.82) is 0 Å². The second-order valence-electron chi connectivity index (χ2n) is 7.68. The summed E-state index contributed by atoms with van der Waals surface area (Å²) in [5.74, 6) is 0.659. The van der Waals surface area contributed by atoms with Gasteiger partial charge in [-0.3, -0.25) is 9.69 Å². The van der Waals surface area contributed by atoms with Gasteiger partial charge in [0.2, 0.25) is 0 Å². The molecule has 0 bridgehead atoms. The van der Waals surface area contributed by atoms with Crippen LogP contribution in [0.3, 0.4) is 0 Å². The zero-order valence-electron chi connectivity index (χ0n) is 16.4. The molecule has 0 saturated carbocycles. The molecule has 2 aromatic carbocycles. The van der Waals surface area contributed by atoms with E-state index in [9.17, 15) is 4.79 Å². The minimum Gasteiger partial charge on any atom is -0.336 e. The predicted octanol–water partition coefficient (Wildman–Crippen LogP) is 3.23. The topological polar surface area (TPSA) is 35.6 Å². The summed E-state index contributed by atoms with van der Waals surface area (Å²) in [6.07, 6.45) is 5.50. The Morgan fingerprint density at radius 3 is 2.50 bits per heavy atom. The Morgan fingerprint density at radius 2 is 1.75 bits per heavy atom. The van der Waals surface area contributed by atoms with Crippen LogP contribution in [0.1, 0.15) is 33.8 Å². The van der Waals surface area contributed by atoms with Crippen molar-refractivity contribution in [3.8, 4) is 0 Å². The Balaban J connectivity index is 1.33. The molecule has 2 fully saturated rings. The minimum atomic E-state index is 0.196. The van der Waals surface area contributed by atoms with Crippen LogP contribution < -0.4 is 5.32 Å². The summed E-state index contributed by atoms with van der Waals surface area (Å²) in [5.41, 5.74) is 3.34. The van der Waals surface area contributed by atoms with Gasteiger partial charge in [-0.25, -0.2) is 0 Å². The van der Waals surface area contributed by atoms with Crippen molar-refractivity contribution in [3.05, 3.63) is 77.4 Å². The largest absolute Gasteiger partial charge is 0.336 e. The van der Waals surface area contributed by atoms with Crippen LogP contribution in [0.4, 0.5) is 0 Å². The van der Waals surface area contributed by atoms with Crippen LogP contribution >= 0.6 is 0 Å². The Morgan fingerprint density at radius 1 is 1.00 bits per heavy atom. The highest BCUT2D eigenvalue weighted by Crippen LogP contribution is 2.26. The molecule has 4 heteroatoms. The summed E-state index contributed by atoms with van der Waals surface area (Å²) < 4.78 is 0. The highest BCUT2D eigenvalue weighted by molar-refractivity contribution is 5.96. The number of piperazine rings is 1. The van der Waals surface area contributed by atoms with Gasteiger partial charge < -0.3 is 10.2 Å². The molecule has 2 aliphatic heterocycles. The number of rotatable bonds is 5. The number of carbonyl (C=O) groups is 1. The second kappa shape index (κ2) is 9.18. The van der Waals surface area contributed by atoms with Gasteiger partial charge in [-0.1, -0.05) is 60.7 Å². The fraction of sp³-hybridized carbons (Fsp3) is 0.375. The first kappa shape index (κ1) is 18.9. The maximum atomic E-state index is 13.2. The van der Waals surface area contributed by atoms with E-state index in [-0.39, 0.29) is 5.91 Å². The van der Waals surface area contributed by atoms with E-state index in [1.54, 1.807) is 0 Å². The van der Waals surface area contributed by atoms with Crippen molar-refractivity contribution in [2.75, 3.05) is 45.8 Å². The summed E-state index contributed by atoms with van der Waals surface area (Å²) in [5, 5.41) is 3.42. The highest BCUT2D eigenvalue weighted by Gasteiger charge is 2.26. The molecule has 146 valence electrons. The molecule has 28 heavy (non-hydrogen) atoms. The summed E-state index contributed by atoms with van der Waals surface area (Å²) in [4.78, 5) is 17.6. The van der Waals surface area contributed by atoms with Crippen molar-refractivity contribution < 1.29 is 4.79 Å². The smallest absolute Gasteiger partial charge is 0.254 e. The van der Waals surface area contributed by atoms with Crippen molar-refractivity contribution in [2.24, 2.45) is 0 Å². The first-order chi connectivity index (χ1) is 13.8. The highest BCUT2D eigenvalue weighted by atomic mass is 16.2. The number of benzene rings is 2. The minimum absolute atomic E-state index is 0.196. The molecule has 1 amide bonds. The third-order valence-corrected chi connectivity index (χ3v) is 5.82. The van der Waals surface area contributed by atoms with E-state index in [0.717, 1.165) is 57.8 Å². The van der Waals surface area contributed by atoms with E-state index in [2.05, 4.69) is 58.8 Å². The SMILES string of the molecule is O=C(c1ccccc1[C@H]1CCNC1)N1CCN(C/C=C/c2ccccc2)CC1. The monoisotopic (exact) mass is 375 g/mol. The number of hydrogen-bond acceptors (Lipinski definition) is 3. The maximum Gasteiger partial charge on any atom is 0.254 e. The van der Waals surface area contributed by atoms with Gasteiger partial charge in [-0.2, -0.15) is 0 Å². The molecule has 0 aromatic heterocycles. The van der Waals surface area contributed by atoms with Crippen LogP contribution in [0.15, 0.2) is 60.7 Å². The van der Waals surface area contributed by atoms with Gasteiger partial charge in [0.15, 0.2) is 0 Å². The average molecular weight is 376 g/mol. The Kier molecular flexibility index (Phi) is 6.20. The Hall–Kier alpha value is -2.43. The van der Waals surface area contributed by atoms with E-state index in [1.807, 2.05) is 23.1 Å². The van der Waals surface area contributed by atoms with Gasteiger partial charge in [0, 0.05) is 44.8 Å². The summed E-state index contributed by atoms with van der Waals surface area (Å²) >= 11 is 0. The third-order valence-electron chi connectivity index (χ3n) is 5.82. The molecule has 1 N–H and O–H groups in total. The molecule has 0 aliphatic carbocycles. The number of hydrogen-bond donors (Lipinski definition) is 1. The van der Waals surface area contributed by atoms with Gasteiger partial charge in [0.1, 0.15) is 0 Å². The lowest BCUT2D eigenvalue weighted by atomic mass is 9.93. The number of carbonyl (C=O) groups excluding carboxylic acids is 1. The summed E-state index contributed by atoms with van der Waals surface area (Å²) in [6, 6.07) is 18.6. The van der Waals surface area contributed by atoms with Crippen LogP contribution in [0, 0.1) is 0 Å². The Labute approximate surface area is 167 Å². The molecule has 2 heterocycles. The number of amides is 1. The Bertz CT molecular complexity index is 804. The molecule has 1 atom stereocenters. The standard InChI is InChI=1S/C24H29N3O/c28-24(23-11-5-4-10-22(23)21-12-13-25-19-21)27-17-15-26(16-18-27)14-6-9-20-7-2-1-3-8-20/h1-11,21,25H,12-19H2/b9-6+/t21-/m0/s1. The molecule has 0 spiro atoms. The average Bonchev–Trinajstić information content (AvgIpc) is 3.29. The molecule has 2 aromatic rings. The molecular weight excluding hydrogens is 346 g/mol. The summed E-state index contributed by atoms with van der Waals surface area (Å²) in [7, 11) is 0. The van der Waals surface area contributed by atoms with Gasteiger partial charge in [0.25, 0.3) is 5.91 Å². The van der Waals surface area contributed by atoms with Crippen LogP contribution in [0.25, 0.3) is 6.08 Å². The van der Waals surface area contributed by atoms with Gasteiger partial charge in [-0.05, 0) is 36.1 Å². The molecule has 0 unspecified atom stereocenters. The second-order valence-corrected chi connectivity index (χ2v) is 7.68. The fourth-order valence-electron chi connectivity index (χ4n) is 4.17. The quantitative estimate of drug-likeness (QED) is 0.872. The lowest BCUT2D eigenvalue weighted by molar-refractivity contribution is 0.0649. The molecule has 2 saturated heterocycles. The lowest BCUT2D eigenvalue weighted by Gasteiger charge is -2.34. The zero-order valence-corrected chi connectivity index (χ0v) is 16.4. The molecule has 4 nitrogen and oxygen atoms in total. The van der Waals surface area contributed by atoms with Crippen molar-refractivity contribution in [2.45, 2.75) is 12.3 Å². The van der Waals surface area contributed by atoms with E-state index in [0.29, 0.717) is 5.92 Å². The first-order valence-corrected chi connectivity index (χ1v) is 10.3. The fourth-order valence-corrected chi connectivity index (χ4v) is 4.17. The first-order valence-electron chi connectivity index (χ1n) is 10.3. The van der Waals surface area contributed by atoms with E-state index >= 15 is 0 Å². The lowest BCUT2D eigenvalue weighted by Crippen LogP contribution is -2.48. The summed E-state index contributed by atoms with van der Waals surface area (Å²) in [6.45, 7) is 6.41. The van der Waals surface area contributed by atoms with E-state index < -0.39 is 0 Å². The predicted molar refractivity (Wildman–Crippen MR) is 114 cm³/mol. The zero-order chi connectivity index (χ0) is 19.2. The van der Waals surface area contributed by atoms with Gasteiger partial charge in [0.05, 0.1) is 0 Å². The maximum absolute atomic E-state index is 13.2. The van der Waals surface area contributed by atoms with Crippen LogP contribution in [0.5, 0.6) is 0 Å². The van der Waals surface area contributed by atoms with Gasteiger partial charge in [-0.15, -0.1) is 0 Å². The van der Waals surface area contributed by atoms with Crippen molar-refractivity contribution in [3.63, 3.8) is 0 Å². The van der Waals surface area contributed by atoms with E-state index in [1.165, 1.54) is 11.1 Å². The molecular formula is C24H29N3O. The molecule has 4 rings (SSSR count). The molecule has 2 aliphatic rings. The van der Waals surface area contributed by atoms with Crippen LogP contribution in [0.2, 0.25) is 0 Å². The van der Waals surface area contributed by atoms with Crippen molar-refractivity contribution in [1.82, 2.24) is 15.1 Å². The number of nitrogens with zero attached hydrogens (tertiary/aromatic N) is 2. The normalized spacial score (nSPS) is 20.7. The van der Waals surface area contributed by atoms with Crippen molar-refractivity contribution >= 4 is 12.0 Å². The van der Waals surface area contributed by atoms with Gasteiger partial charge >= 0.3 is 0 Å².